The molecule has 0 saturated carbocycles. The highest BCUT2D eigenvalue weighted by atomic mass is 35.8. The maximum atomic E-state index is 5.73. The Labute approximate surface area is 92.8 Å². The molecule has 0 aliphatic carbocycles. The number of hydrogen-bond donors (Lipinski definition) is 0. The predicted molar refractivity (Wildman–Crippen MR) is 59.2 cm³/mol. The molecule has 0 spiro atoms. The third-order valence-electron chi connectivity index (χ3n) is 1.03. The first-order valence-corrected chi connectivity index (χ1v) is 12.0. The maximum absolute atomic E-state index is 5.73. The van der Waals surface area contributed by atoms with Gasteiger partial charge in [0.05, 0.1) is 0 Å². The van der Waals surface area contributed by atoms with Crippen LogP contribution in [-0.2, 0) is 0 Å². The van der Waals surface area contributed by atoms with Crippen LogP contribution < -0.4 is 0 Å². The summed E-state index contributed by atoms with van der Waals surface area (Å²) in [7, 11) is -1.98. The highest BCUT2D eigenvalue weighted by Crippen LogP contribution is 2.28. The second-order valence-corrected chi connectivity index (χ2v) is 15.0. The monoisotopic (exact) mass is 289 g/mol. The Morgan fingerprint density at radius 2 is 1.73 bits per heavy atom. The smallest absolute Gasteiger partial charge is 0.288 e. The first kappa shape index (κ1) is 12.8. The summed E-state index contributed by atoms with van der Waals surface area (Å²) in [6.45, 7) is 2.66. The van der Waals surface area contributed by atoms with Crippen LogP contribution in [0.15, 0.2) is 0 Å². The van der Waals surface area contributed by atoms with E-state index in [2.05, 4.69) is 0 Å². The van der Waals surface area contributed by atoms with Gasteiger partial charge in [0.25, 0.3) is 0 Å². The summed E-state index contributed by atoms with van der Waals surface area (Å²) < 4.78 is 1.64. The minimum absolute atomic E-state index is 0.673. The van der Waals surface area contributed by atoms with Crippen LogP contribution in [0.2, 0.25) is 0 Å². The van der Waals surface area contributed by atoms with Crippen LogP contribution in [-0.4, -0.2) is 24.5 Å². The summed E-state index contributed by atoms with van der Waals surface area (Å²) in [6.07, 6.45) is -1.93. The largest absolute Gasteiger partial charge is 0.419 e. The maximum Gasteiger partial charge on any atom is 0.419 e. The molecule has 0 rings (SSSR count). The molecular weight excluding hydrogens is 283 g/mol. The fourth-order valence-electron chi connectivity index (χ4n) is 0.576. The van der Waals surface area contributed by atoms with Crippen molar-refractivity contribution in [1.82, 2.24) is 4.23 Å². The van der Waals surface area contributed by atoms with Crippen LogP contribution >= 0.6 is 55.4 Å². The van der Waals surface area contributed by atoms with E-state index in [1.165, 1.54) is 0 Å². The standard InChI is InChI=1S/C3H8Cl5NSi2/c1-2-3-9(10(4)5)11(6,7)8/h10H,2-3H2,1H3. The van der Waals surface area contributed by atoms with Crippen LogP contribution in [0.25, 0.3) is 0 Å². The van der Waals surface area contributed by atoms with E-state index in [0.29, 0.717) is 6.54 Å². The van der Waals surface area contributed by atoms with Gasteiger partial charge in [-0.05, 0) is 13.0 Å². The van der Waals surface area contributed by atoms with Gasteiger partial charge in [-0.25, -0.2) is 0 Å². The number of rotatable bonds is 4. The molecular formula is C3H8Cl5NSi2. The summed E-state index contributed by atoms with van der Waals surface area (Å²) >= 11 is 28.6. The summed E-state index contributed by atoms with van der Waals surface area (Å²) in [5.41, 5.74) is 0. The fourth-order valence-corrected chi connectivity index (χ4v) is 11.7. The van der Waals surface area contributed by atoms with Gasteiger partial charge in [0.1, 0.15) is 0 Å². The van der Waals surface area contributed by atoms with Crippen molar-refractivity contribution in [2.75, 3.05) is 6.54 Å². The van der Waals surface area contributed by atoms with Gasteiger partial charge in [0.15, 0.2) is 0 Å². The molecule has 0 aliphatic rings. The minimum atomic E-state index is -2.82. The molecule has 1 nitrogen and oxygen atoms in total. The molecule has 0 saturated heterocycles. The van der Waals surface area contributed by atoms with E-state index in [4.69, 9.17) is 55.4 Å². The lowest BCUT2D eigenvalue weighted by molar-refractivity contribution is 0.656. The average molecular weight is 292 g/mol. The van der Waals surface area contributed by atoms with Gasteiger partial charge in [-0.3, -0.25) is 4.23 Å². The third-order valence-corrected chi connectivity index (χ3v) is 10.4. The topological polar surface area (TPSA) is 3.24 Å². The molecule has 11 heavy (non-hydrogen) atoms. The summed E-state index contributed by atoms with van der Waals surface area (Å²) in [5, 5.41) is 0. The van der Waals surface area contributed by atoms with E-state index in [9.17, 15) is 0 Å². The van der Waals surface area contributed by atoms with E-state index in [-0.39, 0.29) is 0 Å². The van der Waals surface area contributed by atoms with Crippen LogP contribution in [0.4, 0.5) is 0 Å². The molecule has 0 amide bonds. The molecule has 8 heteroatoms. The summed E-state index contributed by atoms with van der Waals surface area (Å²) in [6, 6.07) is 0. The third kappa shape index (κ3) is 5.21. The van der Waals surface area contributed by atoms with E-state index in [1.54, 1.807) is 4.23 Å². The Hall–Kier alpha value is 1.84. The van der Waals surface area contributed by atoms with Crippen molar-refractivity contribution in [1.29, 1.82) is 0 Å². The Balaban J connectivity index is 4.10. The van der Waals surface area contributed by atoms with Crippen LogP contribution in [0.5, 0.6) is 0 Å². The molecule has 0 radical (unpaired) electrons. The summed E-state index contributed by atoms with van der Waals surface area (Å²) in [4.78, 5) is 0. The molecule has 0 atom stereocenters. The lowest BCUT2D eigenvalue weighted by Gasteiger charge is -2.26. The van der Waals surface area contributed by atoms with Crippen molar-refractivity contribution in [3.63, 3.8) is 0 Å². The van der Waals surface area contributed by atoms with E-state index >= 15 is 0 Å². The van der Waals surface area contributed by atoms with Crippen LogP contribution in [0.3, 0.4) is 0 Å². The Morgan fingerprint density at radius 1 is 1.27 bits per heavy atom. The molecule has 0 unspecified atom stereocenters. The van der Waals surface area contributed by atoms with Gasteiger partial charge in [-0.2, -0.15) is 0 Å². The van der Waals surface area contributed by atoms with Gasteiger partial charge in [0.2, 0.25) is 0 Å². The first-order chi connectivity index (χ1) is 4.89. The summed E-state index contributed by atoms with van der Waals surface area (Å²) in [5.74, 6) is 0. The zero-order valence-electron chi connectivity index (χ0n) is 5.83. The molecule has 0 aromatic carbocycles. The van der Waals surface area contributed by atoms with Gasteiger partial charge >= 0.3 is 13.7 Å². The minimum Gasteiger partial charge on any atom is -0.288 e. The lowest BCUT2D eigenvalue weighted by Crippen LogP contribution is -2.46. The Morgan fingerprint density at radius 3 is 1.82 bits per heavy atom. The van der Waals surface area contributed by atoms with Crippen molar-refractivity contribution in [3.8, 4) is 0 Å². The Bertz CT molecular complexity index is 115. The average Bonchev–Trinajstić information content (AvgIpc) is 1.79. The van der Waals surface area contributed by atoms with E-state index in [1.807, 2.05) is 6.92 Å². The highest BCUT2D eigenvalue weighted by Gasteiger charge is 2.38. The predicted octanol–water partition coefficient (Wildman–Crippen LogP) is 3.05. The van der Waals surface area contributed by atoms with E-state index in [0.717, 1.165) is 6.42 Å². The molecule has 0 aromatic heterocycles. The zero-order valence-corrected chi connectivity index (χ0v) is 11.8. The molecule has 0 fully saturated rings. The second-order valence-electron chi connectivity index (χ2n) is 1.94. The van der Waals surface area contributed by atoms with E-state index < -0.39 is 13.7 Å². The molecule has 0 N–H and O–H groups in total. The van der Waals surface area contributed by atoms with Crippen molar-refractivity contribution < 1.29 is 0 Å². The Kier molecular flexibility index (Phi) is 6.48. The normalized spacial score (nSPS) is 13.1. The fraction of sp³-hybridized carbons (Fsp3) is 1.00. The first-order valence-electron chi connectivity index (χ1n) is 3.01. The van der Waals surface area contributed by atoms with Crippen molar-refractivity contribution in [3.05, 3.63) is 0 Å². The van der Waals surface area contributed by atoms with Crippen LogP contribution in [0.1, 0.15) is 13.3 Å². The number of hydrogen-bond acceptors (Lipinski definition) is 1. The van der Waals surface area contributed by atoms with Crippen LogP contribution in [0, 0.1) is 0 Å². The molecule has 68 valence electrons. The SMILES string of the molecule is CCCN([SiH](Cl)Cl)[Si](Cl)(Cl)Cl. The van der Waals surface area contributed by atoms with Crippen molar-refractivity contribution in [2.45, 2.75) is 13.3 Å². The highest BCUT2D eigenvalue weighted by molar-refractivity contribution is 7.66. The quantitative estimate of drug-likeness (QED) is 0.568. The lowest BCUT2D eigenvalue weighted by atomic mass is 10.5. The molecule has 0 aliphatic heterocycles. The zero-order chi connectivity index (χ0) is 9.07. The molecule has 0 heterocycles. The number of nitrogens with zero attached hydrogens (tertiary/aromatic N) is 1. The van der Waals surface area contributed by atoms with Gasteiger partial charge < -0.3 is 0 Å². The van der Waals surface area contributed by atoms with Gasteiger partial charge in [-0.1, -0.05) is 6.92 Å². The van der Waals surface area contributed by atoms with Crippen molar-refractivity contribution in [2.24, 2.45) is 0 Å². The molecule has 0 aromatic rings. The second kappa shape index (κ2) is 5.55. The van der Waals surface area contributed by atoms with Gasteiger partial charge in [-0.15, -0.1) is 55.4 Å². The van der Waals surface area contributed by atoms with Crippen molar-refractivity contribution >= 4 is 69.1 Å². The van der Waals surface area contributed by atoms with Gasteiger partial charge in [0, 0.05) is 0 Å². The number of halogens is 5. The molecule has 0 bridgehead atoms.